The molecular weight excluding hydrogens is 162 g/mol. The van der Waals surface area contributed by atoms with Crippen LogP contribution in [0.3, 0.4) is 0 Å². The van der Waals surface area contributed by atoms with E-state index in [0.717, 1.165) is 13.0 Å². The van der Waals surface area contributed by atoms with Crippen LogP contribution in [-0.2, 0) is 4.79 Å². The minimum absolute atomic E-state index is 0.231. The van der Waals surface area contributed by atoms with Crippen molar-refractivity contribution in [1.29, 1.82) is 0 Å². The third-order valence-electron chi connectivity index (χ3n) is 2.68. The molecule has 0 spiro atoms. The highest BCUT2D eigenvalue weighted by molar-refractivity contribution is 5.73. The fraction of sp³-hybridized carbons (Fsp3) is 0.727. The van der Waals surface area contributed by atoms with Gasteiger partial charge in [-0.05, 0) is 32.6 Å². The average Bonchev–Trinajstić information content (AvgIpc) is 2.15. The number of hydrogen-bond acceptors (Lipinski definition) is 1. The number of carbonyl (C=O) groups excluding carboxylic acids is 1. The lowest BCUT2D eigenvalue weighted by Gasteiger charge is -2.34. The maximum absolute atomic E-state index is 11.3. The maximum Gasteiger partial charge on any atom is 0.219 e. The molecule has 74 valence electrons. The first-order valence-electron chi connectivity index (χ1n) is 5.14. The summed E-state index contributed by atoms with van der Waals surface area (Å²) in [6, 6.07) is 0.461. The zero-order valence-corrected chi connectivity index (χ0v) is 8.62. The van der Waals surface area contributed by atoms with Gasteiger partial charge in [0, 0.05) is 19.5 Å². The zero-order valence-electron chi connectivity index (χ0n) is 8.62. The topological polar surface area (TPSA) is 20.3 Å². The van der Waals surface area contributed by atoms with Crippen LogP contribution in [0.2, 0.25) is 0 Å². The quantitative estimate of drug-likeness (QED) is 0.599. The van der Waals surface area contributed by atoms with Crippen molar-refractivity contribution in [3.8, 4) is 0 Å². The highest BCUT2D eigenvalue weighted by Gasteiger charge is 2.22. The summed E-state index contributed by atoms with van der Waals surface area (Å²) in [6.45, 7) is 4.66. The Kier molecular flexibility index (Phi) is 4.00. The van der Waals surface area contributed by atoms with Gasteiger partial charge in [-0.25, -0.2) is 0 Å². The summed E-state index contributed by atoms with van der Waals surface area (Å²) < 4.78 is 0. The molecule has 1 fully saturated rings. The molecule has 0 N–H and O–H groups in total. The van der Waals surface area contributed by atoms with Crippen molar-refractivity contribution >= 4 is 5.91 Å². The highest BCUT2D eigenvalue weighted by Crippen LogP contribution is 2.19. The standard InChI is InChI=1S/C11H19NO/c1-3-4-7-11-8-5-6-9-12(11)10(2)13/h3-4,11H,5-9H2,1-2H3. The molecule has 1 saturated heterocycles. The Hall–Kier alpha value is -0.790. The van der Waals surface area contributed by atoms with E-state index in [1.165, 1.54) is 19.3 Å². The lowest BCUT2D eigenvalue weighted by molar-refractivity contribution is -0.132. The third-order valence-corrected chi connectivity index (χ3v) is 2.68. The van der Waals surface area contributed by atoms with Crippen LogP contribution in [0.4, 0.5) is 0 Å². The summed E-state index contributed by atoms with van der Waals surface area (Å²) in [7, 11) is 0. The molecule has 0 aromatic rings. The lowest BCUT2D eigenvalue weighted by Crippen LogP contribution is -2.42. The molecule has 0 aromatic heterocycles. The smallest absolute Gasteiger partial charge is 0.219 e. The van der Waals surface area contributed by atoms with E-state index in [1.54, 1.807) is 6.92 Å². The lowest BCUT2D eigenvalue weighted by atomic mass is 9.99. The van der Waals surface area contributed by atoms with Crippen molar-refractivity contribution in [2.24, 2.45) is 0 Å². The Morgan fingerprint density at radius 3 is 2.92 bits per heavy atom. The minimum atomic E-state index is 0.231. The fourth-order valence-corrected chi connectivity index (χ4v) is 1.95. The minimum Gasteiger partial charge on any atom is -0.340 e. The maximum atomic E-state index is 11.3. The van der Waals surface area contributed by atoms with Gasteiger partial charge in [-0.2, -0.15) is 0 Å². The molecule has 1 heterocycles. The van der Waals surface area contributed by atoms with E-state index in [9.17, 15) is 4.79 Å². The van der Waals surface area contributed by atoms with Crippen LogP contribution in [-0.4, -0.2) is 23.4 Å². The van der Waals surface area contributed by atoms with Crippen LogP contribution in [0.25, 0.3) is 0 Å². The molecule has 1 atom stereocenters. The van der Waals surface area contributed by atoms with Gasteiger partial charge in [0.2, 0.25) is 5.91 Å². The predicted octanol–water partition coefficient (Wildman–Crippen LogP) is 2.35. The summed E-state index contributed by atoms with van der Waals surface area (Å²) in [6.07, 6.45) is 8.86. The Morgan fingerprint density at radius 1 is 1.54 bits per heavy atom. The summed E-state index contributed by atoms with van der Waals surface area (Å²) in [5.74, 6) is 0.231. The van der Waals surface area contributed by atoms with Gasteiger partial charge in [0.15, 0.2) is 0 Å². The average molecular weight is 181 g/mol. The normalized spacial score (nSPS) is 23.8. The van der Waals surface area contributed by atoms with Gasteiger partial charge < -0.3 is 4.90 Å². The van der Waals surface area contributed by atoms with E-state index in [-0.39, 0.29) is 5.91 Å². The van der Waals surface area contributed by atoms with Gasteiger partial charge in [-0.3, -0.25) is 4.79 Å². The largest absolute Gasteiger partial charge is 0.340 e. The molecule has 2 nitrogen and oxygen atoms in total. The number of likely N-dealkylation sites (tertiary alicyclic amines) is 1. The van der Waals surface area contributed by atoms with Crippen molar-refractivity contribution in [1.82, 2.24) is 4.90 Å². The second-order valence-corrected chi connectivity index (χ2v) is 3.67. The number of allylic oxidation sites excluding steroid dienone is 1. The highest BCUT2D eigenvalue weighted by atomic mass is 16.2. The van der Waals surface area contributed by atoms with Gasteiger partial charge in [-0.15, -0.1) is 0 Å². The van der Waals surface area contributed by atoms with Gasteiger partial charge in [0.25, 0.3) is 0 Å². The SMILES string of the molecule is CC=CCC1CCCCN1C(C)=O. The molecule has 1 aliphatic rings. The Balaban J connectivity index is 2.51. The first kappa shape index (κ1) is 10.3. The van der Waals surface area contributed by atoms with Crippen molar-refractivity contribution in [2.75, 3.05) is 6.54 Å². The van der Waals surface area contributed by atoms with E-state index in [0.29, 0.717) is 6.04 Å². The molecule has 0 aliphatic carbocycles. The van der Waals surface area contributed by atoms with E-state index < -0.39 is 0 Å². The van der Waals surface area contributed by atoms with E-state index in [2.05, 4.69) is 12.2 Å². The van der Waals surface area contributed by atoms with Crippen LogP contribution in [0.15, 0.2) is 12.2 Å². The van der Waals surface area contributed by atoms with Crippen molar-refractivity contribution in [2.45, 2.75) is 45.6 Å². The molecular formula is C11H19NO. The molecule has 0 radical (unpaired) electrons. The van der Waals surface area contributed by atoms with E-state index in [4.69, 9.17) is 0 Å². The van der Waals surface area contributed by atoms with E-state index in [1.807, 2.05) is 11.8 Å². The summed E-state index contributed by atoms with van der Waals surface area (Å²) in [5, 5.41) is 0. The molecule has 1 rings (SSSR count). The molecule has 13 heavy (non-hydrogen) atoms. The van der Waals surface area contributed by atoms with Gasteiger partial charge in [-0.1, -0.05) is 12.2 Å². The molecule has 0 saturated carbocycles. The molecule has 0 bridgehead atoms. The summed E-state index contributed by atoms with van der Waals surface area (Å²) in [5.41, 5.74) is 0. The van der Waals surface area contributed by atoms with Crippen molar-refractivity contribution in [3.05, 3.63) is 12.2 Å². The number of amides is 1. The van der Waals surface area contributed by atoms with Crippen LogP contribution < -0.4 is 0 Å². The van der Waals surface area contributed by atoms with Crippen LogP contribution in [0.1, 0.15) is 39.5 Å². The molecule has 1 unspecified atom stereocenters. The first-order chi connectivity index (χ1) is 6.25. The number of rotatable bonds is 2. The summed E-state index contributed by atoms with van der Waals surface area (Å²) >= 11 is 0. The number of piperidine rings is 1. The predicted molar refractivity (Wildman–Crippen MR) is 54.5 cm³/mol. The van der Waals surface area contributed by atoms with Crippen molar-refractivity contribution in [3.63, 3.8) is 0 Å². The third kappa shape index (κ3) is 2.87. The Labute approximate surface area is 80.6 Å². The second-order valence-electron chi connectivity index (χ2n) is 3.67. The zero-order chi connectivity index (χ0) is 9.68. The monoisotopic (exact) mass is 181 g/mol. The second kappa shape index (κ2) is 5.05. The Bertz CT molecular complexity index is 198. The van der Waals surface area contributed by atoms with Crippen LogP contribution in [0.5, 0.6) is 0 Å². The van der Waals surface area contributed by atoms with E-state index >= 15 is 0 Å². The van der Waals surface area contributed by atoms with Crippen LogP contribution in [0, 0.1) is 0 Å². The van der Waals surface area contributed by atoms with Gasteiger partial charge in [0.05, 0.1) is 0 Å². The van der Waals surface area contributed by atoms with Crippen LogP contribution >= 0.6 is 0 Å². The fourth-order valence-electron chi connectivity index (χ4n) is 1.95. The van der Waals surface area contributed by atoms with Gasteiger partial charge in [0.1, 0.15) is 0 Å². The summed E-state index contributed by atoms with van der Waals surface area (Å²) in [4.78, 5) is 13.3. The number of hydrogen-bond donors (Lipinski definition) is 0. The molecule has 1 aliphatic heterocycles. The van der Waals surface area contributed by atoms with Gasteiger partial charge >= 0.3 is 0 Å². The number of carbonyl (C=O) groups is 1. The molecule has 2 heteroatoms. The molecule has 0 aromatic carbocycles. The number of nitrogens with zero attached hydrogens (tertiary/aromatic N) is 1. The first-order valence-corrected chi connectivity index (χ1v) is 5.14. The molecule has 1 amide bonds. The Morgan fingerprint density at radius 2 is 2.31 bits per heavy atom. The van der Waals surface area contributed by atoms with Crippen molar-refractivity contribution < 1.29 is 4.79 Å².